The Morgan fingerprint density at radius 1 is 1.17 bits per heavy atom. The molecule has 0 radical (unpaired) electrons. The summed E-state index contributed by atoms with van der Waals surface area (Å²) in [5.74, 6) is 0.872. The minimum Gasteiger partial charge on any atom is -0.356 e. The van der Waals surface area contributed by atoms with Gasteiger partial charge in [-0.25, -0.2) is 0 Å². The summed E-state index contributed by atoms with van der Waals surface area (Å²) in [4.78, 5) is 7.09. The second-order valence-electron chi connectivity index (χ2n) is 5.50. The smallest absolute Gasteiger partial charge is 0.191 e. The van der Waals surface area contributed by atoms with Gasteiger partial charge in [0.1, 0.15) is 0 Å². The van der Waals surface area contributed by atoms with Gasteiger partial charge < -0.3 is 10.6 Å². The Bertz CT molecular complexity index is 595. The molecule has 0 aliphatic rings. The van der Waals surface area contributed by atoms with Crippen molar-refractivity contribution in [2.75, 3.05) is 13.6 Å². The Morgan fingerprint density at radius 3 is 2.52 bits per heavy atom. The molecule has 0 aliphatic carbocycles. The Balaban J connectivity index is 0.00000264. The summed E-state index contributed by atoms with van der Waals surface area (Å²) < 4.78 is 0. The summed E-state index contributed by atoms with van der Waals surface area (Å²) in [5.41, 5.74) is 1.34. The molecule has 0 aliphatic heterocycles. The van der Waals surface area contributed by atoms with E-state index in [2.05, 4.69) is 65.9 Å². The molecular formula is C18H26IN3S. The SMILES string of the molecule is CN=C(NCCc1ccccc1)NC(C)Cc1ccc(C)s1.I. The molecule has 2 N–H and O–H groups in total. The molecule has 1 heterocycles. The Kier molecular flexibility index (Phi) is 9.24. The fourth-order valence-corrected chi connectivity index (χ4v) is 3.36. The lowest BCUT2D eigenvalue weighted by Gasteiger charge is -2.17. The number of aryl methyl sites for hydroxylation is 1. The second kappa shape index (κ2) is 10.6. The number of hydrogen-bond acceptors (Lipinski definition) is 2. The highest BCUT2D eigenvalue weighted by molar-refractivity contribution is 14.0. The Hall–Kier alpha value is -1.08. The molecule has 2 rings (SSSR count). The maximum atomic E-state index is 4.30. The van der Waals surface area contributed by atoms with E-state index in [0.717, 1.165) is 25.3 Å². The lowest BCUT2D eigenvalue weighted by molar-refractivity contribution is 0.644. The third-order valence-corrected chi connectivity index (χ3v) is 4.48. The van der Waals surface area contributed by atoms with Gasteiger partial charge >= 0.3 is 0 Å². The van der Waals surface area contributed by atoms with Gasteiger partial charge in [-0.3, -0.25) is 4.99 Å². The van der Waals surface area contributed by atoms with Gasteiger partial charge in [-0.05, 0) is 38.0 Å². The van der Waals surface area contributed by atoms with Crippen LogP contribution in [0.3, 0.4) is 0 Å². The van der Waals surface area contributed by atoms with Crippen LogP contribution < -0.4 is 10.6 Å². The Labute approximate surface area is 160 Å². The molecule has 0 fully saturated rings. The maximum Gasteiger partial charge on any atom is 0.191 e. The highest BCUT2D eigenvalue weighted by Gasteiger charge is 2.07. The van der Waals surface area contributed by atoms with Crippen molar-refractivity contribution >= 4 is 41.3 Å². The first-order valence-corrected chi connectivity index (χ1v) is 8.55. The first-order valence-electron chi connectivity index (χ1n) is 7.74. The monoisotopic (exact) mass is 443 g/mol. The average molecular weight is 443 g/mol. The molecule has 0 saturated carbocycles. The molecule has 126 valence electrons. The van der Waals surface area contributed by atoms with Crippen molar-refractivity contribution < 1.29 is 0 Å². The van der Waals surface area contributed by atoms with Crippen LogP contribution in [0.5, 0.6) is 0 Å². The van der Waals surface area contributed by atoms with Crippen LogP contribution >= 0.6 is 35.3 Å². The maximum absolute atomic E-state index is 4.30. The predicted octanol–water partition coefficient (Wildman–Crippen LogP) is 4.01. The number of benzene rings is 1. The van der Waals surface area contributed by atoms with Crippen LogP contribution in [0, 0.1) is 6.92 Å². The molecule has 23 heavy (non-hydrogen) atoms. The number of nitrogens with one attached hydrogen (secondary N) is 2. The highest BCUT2D eigenvalue weighted by atomic mass is 127. The highest BCUT2D eigenvalue weighted by Crippen LogP contribution is 2.16. The van der Waals surface area contributed by atoms with E-state index in [4.69, 9.17) is 0 Å². The summed E-state index contributed by atoms with van der Waals surface area (Å²) in [5, 5.41) is 6.84. The van der Waals surface area contributed by atoms with E-state index in [1.54, 1.807) is 0 Å². The van der Waals surface area contributed by atoms with Gasteiger partial charge in [0, 0.05) is 35.8 Å². The van der Waals surface area contributed by atoms with Crippen LogP contribution in [0.4, 0.5) is 0 Å². The molecule has 2 aromatic rings. The van der Waals surface area contributed by atoms with E-state index in [1.807, 2.05) is 24.5 Å². The van der Waals surface area contributed by atoms with Gasteiger partial charge in [0.25, 0.3) is 0 Å². The number of nitrogens with zero attached hydrogens (tertiary/aromatic N) is 1. The summed E-state index contributed by atoms with van der Waals surface area (Å²) in [6.45, 7) is 5.23. The first kappa shape index (κ1) is 20.0. The van der Waals surface area contributed by atoms with Crippen molar-refractivity contribution in [3.8, 4) is 0 Å². The predicted molar refractivity (Wildman–Crippen MR) is 112 cm³/mol. The standard InChI is InChI=1S/C18H25N3S.HI/c1-14(13-17-10-9-15(2)22-17)21-18(19-3)20-12-11-16-7-5-4-6-8-16;/h4-10,14H,11-13H2,1-3H3,(H2,19,20,21);1H. The average Bonchev–Trinajstić information content (AvgIpc) is 2.92. The molecule has 0 spiro atoms. The molecule has 0 bridgehead atoms. The van der Waals surface area contributed by atoms with Crippen LogP contribution in [0.1, 0.15) is 22.2 Å². The molecular weight excluding hydrogens is 417 g/mol. The summed E-state index contributed by atoms with van der Waals surface area (Å²) in [7, 11) is 1.82. The molecule has 0 amide bonds. The zero-order valence-corrected chi connectivity index (χ0v) is 17.2. The van der Waals surface area contributed by atoms with Crippen LogP contribution in [-0.4, -0.2) is 25.6 Å². The van der Waals surface area contributed by atoms with E-state index in [9.17, 15) is 0 Å². The molecule has 0 saturated heterocycles. The van der Waals surface area contributed by atoms with Gasteiger partial charge in [-0.1, -0.05) is 30.3 Å². The largest absolute Gasteiger partial charge is 0.356 e. The molecule has 5 heteroatoms. The number of halogens is 1. The molecule has 1 atom stereocenters. The zero-order chi connectivity index (χ0) is 15.8. The number of guanidine groups is 1. The third-order valence-electron chi connectivity index (χ3n) is 3.46. The zero-order valence-electron chi connectivity index (χ0n) is 14.0. The van der Waals surface area contributed by atoms with Crippen LogP contribution in [-0.2, 0) is 12.8 Å². The minimum absolute atomic E-state index is 0. The fraction of sp³-hybridized carbons (Fsp3) is 0.389. The number of thiophene rings is 1. The topological polar surface area (TPSA) is 36.4 Å². The minimum atomic E-state index is 0. The van der Waals surface area contributed by atoms with Gasteiger partial charge in [0.15, 0.2) is 5.96 Å². The summed E-state index contributed by atoms with van der Waals surface area (Å²) in [6.07, 6.45) is 2.03. The second-order valence-corrected chi connectivity index (χ2v) is 6.87. The molecule has 1 aromatic heterocycles. The van der Waals surface area contributed by atoms with Gasteiger partial charge in [0.2, 0.25) is 0 Å². The van der Waals surface area contributed by atoms with Gasteiger partial charge in [0.05, 0.1) is 0 Å². The van der Waals surface area contributed by atoms with Crippen LogP contribution in [0.2, 0.25) is 0 Å². The van der Waals surface area contributed by atoms with Crippen molar-refractivity contribution in [2.24, 2.45) is 4.99 Å². The molecule has 1 aromatic carbocycles. The molecule has 3 nitrogen and oxygen atoms in total. The van der Waals surface area contributed by atoms with E-state index in [-0.39, 0.29) is 24.0 Å². The van der Waals surface area contributed by atoms with E-state index in [1.165, 1.54) is 15.3 Å². The quantitative estimate of drug-likeness (QED) is 0.402. The number of aliphatic imine (C=N–C) groups is 1. The van der Waals surface area contributed by atoms with Gasteiger partial charge in [-0.2, -0.15) is 0 Å². The van der Waals surface area contributed by atoms with Crippen molar-refractivity contribution in [1.29, 1.82) is 0 Å². The number of hydrogen-bond donors (Lipinski definition) is 2. The van der Waals surface area contributed by atoms with Crippen molar-refractivity contribution in [3.63, 3.8) is 0 Å². The van der Waals surface area contributed by atoms with E-state index < -0.39 is 0 Å². The normalized spacial score (nSPS) is 12.4. The lowest BCUT2D eigenvalue weighted by atomic mass is 10.1. The van der Waals surface area contributed by atoms with Gasteiger partial charge in [-0.15, -0.1) is 35.3 Å². The lowest BCUT2D eigenvalue weighted by Crippen LogP contribution is -2.43. The molecule has 1 unspecified atom stereocenters. The van der Waals surface area contributed by atoms with Crippen molar-refractivity contribution in [2.45, 2.75) is 32.7 Å². The van der Waals surface area contributed by atoms with E-state index >= 15 is 0 Å². The first-order chi connectivity index (χ1) is 10.7. The van der Waals surface area contributed by atoms with Crippen molar-refractivity contribution in [1.82, 2.24) is 10.6 Å². The third kappa shape index (κ3) is 7.35. The van der Waals surface area contributed by atoms with Crippen molar-refractivity contribution in [3.05, 3.63) is 57.8 Å². The summed E-state index contributed by atoms with van der Waals surface area (Å²) >= 11 is 1.87. The number of rotatable bonds is 6. The van der Waals surface area contributed by atoms with E-state index in [0.29, 0.717) is 6.04 Å². The van der Waals surface area contributed by atoms with Crippen LogP contribution in [0.25, 0.3) is 0 Å². The fourth-order valence-electron chi connectivity index (χ4n) is 2.35. The summed E-state index contributed by atoms with van der Waals surface area (Å²) in [6, 6.07) is 15.3. The van der Waals surface area contributed by atoms with Crippen LogP contribution in [0.15, 0.2) is 47.5 Å². The Morgan fingerprint density at radius 2 is 1.91 bits per heavy atom.